The van der Waals surface area contributed by atoms with E-state index in [1.54, 1.807) is 12.1 Å². The summed E-state index contributed by atoms with van der Waals surface area (Å²) in [5, 5.41) is 12.1. The van der Waals surface area contributed by atoms with Crippen LogP contribution in [0.1, 0.15) is 0 Å². The number of aliphatic hydroxyl groups is 1. The van der Waals surface area contributed by atoms with Crippen LogP contribution in [0.2, 0.25) is 5.02 Å². The van der Waals surface area contributed by atoms with Gasteiger partial charge in [0.25, 0.3) is 0 Å². The standard InChI is InChI=1S/C10H13ClFNO2/c1-15-6-7(14)5-13-9-4-2-3-8(11)10(9)12/h2-4,7,13-14H,5-6H2,1H3. The first-order valence-corrected chi connectivity index (χ1v) is 4.88. The molecule has 0 aliphatic heterocycles. The highest BCUT2D eigenvalue weighted by atomic mass is 35.5. The number of rotatable bonds is 5. The van der Waals surface area contributed by atoms with E-state index in [4.69, 9.17) is 16.3 Å². The second-order valence-corrected chi connectivity index (χ2v) is 3.50. The number of hydrogen-bond donors (Lipinski definition) is 2. The largest absolute Gasteiger partial charge is 0.389 e. The molecule has 1 aromatic carbocycles. The van der Waals surface area contributed by atoms with Crippen molar-refractivity contribution in [1.82, 2.24) is 0 Å². The van der Waals surface area contributed by atoms with E-state index in [0.29, 0.717) is 0 Å². The Morgan fingerprint density at radius 2 is 2.33 bits per heavy atom. The number of hydrogen-bond acceptors (Lipinski definition) is 3. The lowest BCUT2D eigenvalue weighted by molar-refractivity contribution is 0.0727. The number of halogens is 2. The number of anilines is 1. The summed E-state index contributed by atoms with van der Waals surface area (Å²) in [5.41, 5.74) is 0.276. The predicted octanol–water partition coefficient (Wildman–Crippen LogP) is 1.90. The number of aliphatic hydroxyl groups excluding tert-OH is 1. The topological polar surface area (TPSA) is 41.5 Å². The van der Waals surface area contributed by atoms with Gasteiger partial charge in [-0.1, -0.05) is 17.7 Å². The van der Waals surface area contributed by atoms with Gasteiger partial charge in [-0.2, -0.15) is 0 Å². The van der Waals surface area contributed by atoms with Crippen molar-refractivity contribution in [2.24, 2.45) is 0 Å². The van der Waals surface area contributed by atoms with E-state index in [0.717, 1.165) is 0 Å². The van der Waals surface area contributed by atoms with Crippen molar-refractivity contribution in [3.8, 4) is 0 Å². The van der Waals surface area contributed by atoms with Crippen LogP contribution >= 0.6 is 11.6 Å². The monoisotopic (exact) mass is 233 g/mol. The normalized spacial score (nSPS) is 12.5. The lowest BCUT2D eigenvalue weighted by Crippen LogP contribution is -2.24. The van der Waals surface area contributed by atoms with Crippen molar-refractivity contribution >= 4 is 17.3 Å². The Bertz CT molecular complexity index is 322. The summed E-state index contributed by atoms with van der Waals surface area (Å²) in [6.45, 7) is 0.417. The Hall–Kier alpha value is -0.840. The van der Waals surface area contributed by atoms with E-state index in [2.05, 4.69) is 5.32 Å². The molecule has 5 heteroatoms. The van der Waals surface area contributed by atoms with Crippen molar-refractivity contribution in [3.05, 3.63) is 29.0 Å². The summed E-state index contributed by atoms with van der Waals surface area (Å²) in [6.07, 6.45) is -0.673. The number of methoxy groups -OCH3 is 1. The molecule has 1 rings (SSSR count). The van der Waals surface area contributed by atoms with Gasteiger partial charge in [-0.15, -0.1) is 0 Å². The molecule has 0 heterocycles. The van der Waals surface area contributed by atoms with Gasteiger partial charge in [0.15, 0.2) is 5.82 Å². The van der Waals surface area contributed by atoms with E-state index in [1.165, 1.54) is 13.2 Å². The summed E-state index contributed by atoms with van der Waals surface area (Å²) in [6, 6.07) is 4.66. The fourth-order valence-electron chi connectivity index (χ4n) is 1.12. The van der Waals surface area contributed by atoms with Crippen molar-refractivity contribution in [3.63, 3.8) is 0 Å². The smallest absolute Gasteiger partial charge is 0.164 e. The zero-order valence-electron chi connectivity index (χ0n) is 8.34. The highest BCUT2D eigenvalue weighted by Gasteiger charge is 2.08. The maximum Gasteiger partial charge on any atom is 0.164 e. The van der Waals surface area contributed by atoms with Gasteiger partial charge in [0, 0.05) is 13.7 Å². The van der Waals surface area contributed by atoms with Crippen LogP contribution in [0, 0.1) is 5.82 Å². The predicted molar refractivity (Wildman–Crippen MR) is 57.8 cm³/mol. The van der Waals surface area contributed by atoms with E-state index >= 15 is 0 Å². The zero-order valence-corrected chi connectivity index (χ0v) is 9.09. The van der Waals surface area contributed by atoms with Gasteiger partial charge in [0.2, 0.25) is 0 Å². The molecule has 1 aromatic rings. The number of ether oxygens (including phenoxy) is 1. The van der Waals surface area contributed by atoms with Gasteiger partial charge in [0.05, 0.1) is 23.4 Å². The summed E-state index contributed by atoms with van der Waals surface area (Å²) >= 11 is 5.59. The first-order valence-electron chi connectivity index (χ1n) is 4.50. The maximum absolute atomic E-state index is 13.3. The van der Waals surface area contributed by atoms with Crippen LogP contribution in [0.4, 0.5) is 10.1 Å². The molecule has 1 atom stereocenters. The molecule has 0 radical (unpaired) electrons. The van der Waals surface area contributed by atoms with Crippen LogP contribution in [-0.2, 0) is 4.74 Å². The van der Waals surface area contributed by atoms with E-state index in [9.17, 15) is 9.50 Å². The molecule has 1 unspecified atom stereocenters. The highest BCUT2D eigenvalue weighted by Crippen LogP contribution is 2.21. The third-order valence-corrected chi connectivity index (χ3v) is 2.13. The average molecular weight is 234 g/mol. The van der Waals surface area contributed by atoms with E-state index in [-0.39, 0.29) is 23.9 Å². The fourth-order valence-corrected chi connectivity index (χ4v) is 1.29. The number of benzene rings is 1. The molecule has 0 aliphatic carbocycles. The minimum atomic E-state index is -0.673. The summed E-state index contributed by atoms with van der Waals surface area (Å²) in [5.74, 6) is -0.510. The van der Waals surface area contributed by atoms with Gasteiger partial charge in [-0.25, -0.2) is 4.39 Å². The molecule has 0 aliphatic rings. The number of nitrogens with one attached hydrogen (secondary N) is 1. The van der Waals surface area contributed by atoms with Crippen LogP contribution in [-0.4, -0.2) is 31.5 Å². The molecule has 0 fully saturated rings. The molecule has 0 bridgehead atoms. The first kappa shape index (κ1) is 12.2. The van der Waals surface area contributed by atoms with Crippen molar-refractivity contribution in [2.45, 2.75) is 6.10 Å². The summed E-state index contributed by atoms with van der Waals surface area (Å²) in [7, 11) is 1.49. The molecule has 84 valence electrons. The SMILES string of the molecule is COCC(O)CNc1cccc(Cl)c1F. The zero-order chi connectivity index (χ0) is 11.3. The third kappa shape index (κ3) is 3.66. The maximum atomic E-state index is 13.3. The van der Waals surface area contributed by atoms with Gasteiger partial charge < -0.3 is 15.2 Å². The van der Waals surface area contributed by atoms with Crippen LogP contribution in [0.25, 0.3) is 0 Å². The van der Waals surface area contributed by atoms with E-state index in [1.807, 2.05) is 0 Å². The molecule has 3 nitrogen and oxygen atoms in total. The van der Waals surface area contributed by atoms with E-state index < -0.39 is 11.9 Å². The second-order valence-electron chi connectivity index (χ2n) is 3.09. The van der Waals surface area contributed by atoms with Crippen molar-refractivity contribution < 1.29 is 14.2 Å². The van der Waals surface area contributed by atoms with Gasteiger partial charge in [-0.05, 0) is 12.1 Å². The molecular weight excluding hydrogens is 221 g/mol. The van der Waals surface area contributed by atoms with Gasteiger partial charge >= 0.3 is 0 Å². The molecular formula is C10H13ClFNO2. The average Bonchev–Trinajstić information content (AvgIpc) is 2.21. The Morgan fingerprint density at radius 3 is 3.00 bits per heavy atom. The van der Waals surface area contributed by atoms with Gasteiger partial charge in [0.1, 0.15) is 0 Å². The Balaban J connectivity index is 2.54. The minimum absolute atomic E-state index is 0.0567. The molecule has 15 heavy (non-hydrogen) atoms. The molecule has 0 saturated heterocycles. The Kier molecular flexibility index (Phi) is 4.81. The fraction of sp³-hybridized carbons (Fsp3) is 0.400. The van der Waals surface area contributed by atoms with Gasteiger partial charge in [-0.3, -0.25) is 0 Å². The Labute approximate surface area is 92.8 Å². The lowest BCUT2D eigenvalue weighted by Gasteiger charge is -2.12. The van der Waals surface area contributed by atoms with Crippen LogP contribution < -0.4 is 5.32 Å². The third-order valence-electron chi connectivity index (χ3n) is 1.84. The highest BCUT2D eigenvalue weighted by molar-refractivity contribution is 6.31. The Morgan fingerprint density at radius 1 is 1.60 bits per heavy atom. The summed E-state index contributed by atoms with van der Waals surface area (Å²) in [4.78, 5) is 0. The van der Waals surface area contributed by atoms with Crippen molar-refractivity contribution in [2.75, 3.05) is 25.6 Å². The summed E-state index contributed by atoms with van der Waals surface area (Å²) < 4.78 is 18.1. The molecule has 0 saturated carbocycles. The quantitative estimate of drug-likeness (QED) is 0.816. The molecule has 0 aromatic heterocycles. The molecule has 2 N–H and O–H groups in total. The van der Waals surface area contributed by atoms with Crippen LogP contribution in [0.15, 0.2) is 18.2 Å². The first-order chi connectivity index (χ1) is 7.15. The molecule has 0 spiro atoms. The van der Waals surface area contributed by atoms with Crippen molar-refractivity contribution in [1.29, 1.82) is 0 Å². The lowest BCUT2D eigenvalue weighted by atomic mass is 10.3. The minimum Gasteiger partial charge on any atom is -0.389 e. The molecule has 0 amide bonds. The second kappa shape index (κ2) is 5.90. The van der Waals surface area contributed by atoms with Crippen LogP contribution in [0.5, 0.6) is 0 Å². The van der Waals surface area contributed by atoms with Crippen LogP contribution in [0.3, 0.4) is 0 Å².